The van der Waals surface area contributed by atoms with Crippen molar-refractivity contribution in [3.8, 4) is 0 Å². The summed E-state index contributed by atoms with van der Waals surface area (Å²) in [6, 6.07) is 11.4. The molecule has 0 unspecified atom stereocenters. The molecule has 0 saturated heterocycles. The fraction of sp³-hybridized carbons (Fsp3) is 0.222. The SMILES string of the molecule is CC(=O)c1ccc(NC(=O)CNS(=O)(=O)c2ccc(C)cc2C)cc1. The van der Waals surface area contributed by atoms with Gasteiger partial charge in [0.2, 0.25) is 15.9 Å². The molecule has 0 heterocycles. The van der Waals surface area contributed by atoms with Gasteiger partial charge in [0.1, 0.15) is 0 Å². The molecule has 2 N–H and O–H groups in total. The number of anilines is 1. The maximum absolute atomic E-state index is 12.3. The zero-order chi connectivity index (χ0) is 18.6. The van der Waals surface area contributed by atoms with E-state index in [4.69, 9.17) is 0 Å². The second kappa shape index (κ2) is 7.58. The summed E-state index contributed by atoms with van der Waals surface area (Å²) in [7, 11) is -3.77. The van der Waals surface area contributed by atoms with Crippen LogP contribution in [0.2, 0.25) is 0 Å². The Balaban J connectivity index is 2.00. The van der Waals surface area contributed by atoms with E-state index in [9.17, 15) is 18.0 Å². The normalized spacial score (nSPS) is 11.2. The van der Waals surface area contributed by atoms with Gasteiger partial charge in [0, 0.05) is 11.3 Å². The van der Waals surface area contributed by atoms with E-state index in [0.29, 0.717) is 16.8 Å². The molecule has 1 amide bonds. The van der Waals surface area contributed by atoms with Gasteiger partial charge >= 0.3 is 0 Å². The molecule has 0 fully saturated rings. The van der Waals surface area contributed by atoms with E-state index in [1.165, 1.54) is 13.0 Å². The van der Waals surface area contributed by atoms with Crippen molar-refractivity contribution in [3.05, 3.63) is 59.2 Å². The molecule has 25 heavy (non-hydrogen) atoms. The van der Waals surface area contributed by atoms with Crippen LogP contribution in [-0.4, -0.2) is 26.7 Å². The monoisotopic (exact) mass is 360 g/mol. The van der Waals surface area contributed by atoms with Crippen molar-refractivity contribution in [3.63, 3.8) is 0 Å². The number of rotatable bonds is 6. The van der Waals surface area contributed by atoms with Gasteiger partial charge in [-0.1, -0.05) is 17.7 Å². The summed E-state index contributed by atoms with van der Waals surface area (Å²) in [5, 5.41) is 2.58. The number of sulfonamides is 1. The minimum atomic E-state index is -3.77. The summed E-state index contributed by atoms with van der Waals surface area (Å²) in [6.45, 7) is 4.65. The molecule has 0 atom stereocenters. The fourth-order valence-electron chi connectivity index (χ4n) is 2.33. The Morgan fingerprint density at radius 2 is 1.64 bits per heavy atom. The molecular weight excluding hydrogens is 340 g/mol. The van der Waals surface area contributed by atoms with Crippen molar-refractivity contribution < 1.29 is 18.0 Å². The fourth-order valence-corrected chi connectivity index (χ4v) is 3.54. The third-order valence-electron chi connectivity index (χ3n) is 3.62. The second-order valence-corrected chi connectivity index (χ2v) is 7.51. The predicted molar refractivity (Wildman–Crippen MR) is 96.2 cm³/mol. The Hall–Kier alpha value is -2.51. The second-order valence-electron chi connectivity index (χ2n) is 5.78. The first kappa shape index (κ1) is 18.8. The summed E-state index contributed by atoms with van der Waals surface area (Å²) in [4.78, 5) is 23.3. The third kappa shape index (κ3) is 4.98. The van der Waals surface area contributed by atoms with Crippen LogP contribution in [0.3, 0.4) is 0 Å². The molecule has 0 aliphatic rings. The summed E-state index contributed by atoms with van der Waals surface area (Å²) in [5.41, 5.74) is 2.60. The zero-order valence-electron chi connectivity index (χ0n) is 14.3. The summed E-state index contributed by atoms with van der Waals surface area (Å²) >= 11 is 0. The maximum Gasteiger partial charge on any atom is 0.241 e. The molecule has 0 aromatic heterocycles. The highest BCUT2D eigenvalue weighted by atomic mass is 32.2. The predicted octanol–water partition coefficient (Wildman–Crippen LogP) is 2.42. The number of amides is 1. The van der Waals surface area contributed by atoms with Gasteiger partial charge < -0.3 is 5.32 Å². The van der Waals surface area contributed by atoms with Crippen molar-refractivity contribution in [2.45, 2.75) is 25.7 Å². The standard InChI is InChI=1S/C18H20N2O4S/c1-12-4-9-17(13(2)10-12)25(23,24)19-11-18(22)20-16-7-5-15(6-8-16)14(3)21/h4-10,19H,11H2,1-3H3,(H,20,22). The highest BCUT2D eigenvalue weighted by Crippen LogP contribution is 2.16. The molecule has 6 nitrogen and oxygen atoms in total. The first-order valence-electron chi connectivity index (χ1n) is 7.67. The van der Waals surface area contributed by atoms with Crippen molar-refractivity contribution in [2.75, 3.05) is 11.9 Å². The first-order valence-corrected chi connectivity index (χ1v) is 9.15. The summed E-state index contributed by atoms with van der Waals surface area (Å²) < 4.78 is 26.9. The quantitative estimate of drug-likeness (QED) is 0.774. The molecule has 0 spiro atoms. The van der Waals surface area contributed by atoms with Gasteiger partial charge in [0.05, 0.1) is 11.4 Å². The Morgan fingerprint density at radius 1 is 1.00 bits per heavy atom. The smallest absolute Gasteiger partial charge is 0.241 e. The van der Waals surface area contributed by atoms with Crippen LogP contribution < -0.4 is 10.0 Å². The Kier molecular flexibility index (Phi) is 5.71. The van der Waals surface area contributed by atoms with Gasteiger partial charge in [-0.05, 0) is 56.7 Å². The number of carbonyl (C=O) groups is 2. The van der Waals surface area contributed by atoms with E-state index in [1.54, 1.807) is 43.3 Å². The van der Waals surface area contributed by atoms with Crippen LogP contribution >= 0.6 is 0 Å². The van der Waals surface area contributed by atoms with Gasteiger partial charge in [0.15, 0.2) is 5.78 Å². The van der Waals surface area contributed by atoms with Crippen LogP contribution in [0.1, 0.15) is 28.4 Å². The number of carbonyl (C=O) groups excluding carboxylic acids is 2. The van der Waals surface area contributed by atoms with Crippen LogP contribution in [0, 0.1) is 13.8 Å². The molecule has 0 radical (unpaired) electrons. The van der Waals surface area contributed by atoms with Crippen molar-refractivity contribution in [1.29, 1.82) is 0 Å². The molecule has 0 bridgehead atoms. The van der Waals surface area contributed by atoms with Gasteiger partial charge in [-0.15, -0.1) is 0 Å². The van der Waals surface area contributed by atoms with Gasteiger partial charge in [-0.3, -0.25) is 9.59 Å². The Bertz CT molecular complexity index is 903. The lowest BCUT2D eigenvalue weighted by Gasteiger charge is -2.10. The van der Waals surface area contributed by atoms with Gasteiger partial charge in [-0.2, -0.15) is 0 Å². The zero-order valence-corrected chi connectivity index (χ0v) is 15.1. The average Bonchev–Trinajstić information content (AvgIpc) is 2.53. The minimum absolute atomic E-state index is 0.0703. The summed E-state index contributed by atoms with van der Waals surface area (Å²) in [6.07, 6.45) is 0. The Labute approximate surface area is 147 Å². The maximum atomic E-state index is 12.3. The molecule has 132 valence electrons. The van der Waals surface area contributed by atoms with Crippen LogP contribution in [0.15, 0.2) is 47.4 Å². The van der Waals surface area contributed by atoms with Crippen molar-refractivity contribution in [1.82, 2.24) is 4.72 Å². The van der Waals surface area contributed by atoms with Crippen LogP contribution in [0.5, 0.6) is 0 Å². The lowest BCUT2D eigenvalue weighted by atomic mass is 10.1. The number of hydrogen-bond acceptors (Lipinski definition) is 4. The lowest BCUT2D eigenvalue weighted by molar-refractivity contribution is -0.115. The van der Waals surface area contributed by atoms with Crippen LogP contribution in [-0.2, 0) is 14.8 Å². The molecule has 2 aromatic carbocycles. The molecule has 0 aliphatic heterocycles. The van der Waals surface area contributed by atoms with E-state index >= 15 is 0 Å². The van der Waals surface area contributed by atoms with E-state index in [-0.39, 0.29) is 17.2 Å². The topological polar surface area (TPSA) is 92.3 Å². The van der Waals surface area contributed by atoms with Gasteiger partial charge in [-0.25, -0.2) is 13.1 Å². The number of benzene rings is 2. The Morgan fingerprint density at radius 3 is 2.20 bits per heavy atom. The van der Waals surface area contributed by atoms with Crippen molar-refractivity contribution in [2.24, 2.45) is 0 Å². The van der Waals surface area contributed by atoms with E-state index < -0.39 is 15.9 Å². The number of nitrogens with one attached hydrogen (secondary N) is 2. The summed E-state index contributed by atoms with van der Waals surface area (Å²) in [5.74, 6) is -0.567. The van der Waals surface area contributed by atoms with E-state index in [0.717, 1.165) is 5.56 Å². The van der Waals surface area contributed by atoms with Crippen LogP contribution in [0.25, 0.3) is 0 Å². The molecule has 7 heteroatoms. The van der Waals surface area contributed by atoms with Gasteiger partial charge in [0.25, 0.3) is 0 Å². The largest absolute Gasteiger partial charge is 0.325 e. The molecule has 2 rings (SSSR count). The third-order valence-corrected chi connectivity index (χ3v) is 5.18. The number of hydrogen-bond donors (Lipinski definition) is 2. The van der Waals surface area contributed by atoms with Crippen molar-refractivity contribution >= 4 is 27.4 Å². The van der Waals surface area contributed by atoms with E-state index in [1.807, 2.05) is 6.92 Å². The average molecular weight is 360 g/mol. The highest BCUT2D eigenvalue weighted by Gasteiger charge is 2.17. The van der Waals surface area contributed by atoms with Crippen LogP contribution in [0.4, 0.5) is 5.69 Å². The molecule has 0 saturated carbocycles. The molecular formula is C18H20N2O4S. The number of Topliss-reactive ketones (excluding diaryl/α,β-unsaturated/α-hetero) is 1. The lowest BCUT2D eigenvalue weighted by Crippen LogP contribution is -2.33. The minimum Gasteiger partial charge on any atom is -0.325 e. The number of aryl methyl sites for hydroxylation is 2. The molecule has 0 aliphatic carbocycles. The van der Waals surface area contributed by atoms with E-state index in [2.05, 4.69) is 10.0 Å². The first-order chi connectivity index (χ1) is 11.7. The molecule has 2 aromatic rings. The highest BCUT2D eigenvalue weighted by molar-refractivity contribution is 7.89. The number of ketones is 1.